The van der Waals surface area contributed by atoms with Gasteiger partial charge in [-0.2, -0.15) is 4.98 Å². The van der Waals surface area contributed by atoms with Crippen LogP contribution in [0.3, 0.4) is 0 Å². The van der Waals surface area contributed by atoms with Crippen LogP contribution in [-0.2, 0) is 11.3 Å². The van der Waals surface area contributed by atoms with E-state index in [9.17, 15) is 4.79 Å². The highest BCUT2D eigenvalue weighted by Crippen LogP contribution is 2.20. The lowest BCUT2D eigenvalue weighted by Crippen LogP contribution is -2.29. The standard InChI is InChI=1S/C20H21N3O2/c1-3-17(15-7-5-4-6-8-15)19(24)21-13-18-22-20(25-23-18)16-11-9-14(2)10-12-16/h4-12,17H,3,13H2,1-2H3,(H,21,24)/t17-/m1/s1. The molecule has 0 aliphatic carbocycles. The Morgan fingerprint density at radius 3 is 2.52 bits per heavy atom. The molecule has 0 saturated carbocycles. The van der Waals surface area contributed by atoms with Gasteiger partial charge in [0.15, 0.2) is 5.82 Å². The summed E-state index contributed by atoms with van der Waals surface area (Å²) in [6, 6.07) is 17.6. The molecule has 2 aromatic carbocycles. The van der Waals surface area contributed by atoms with Crippen LogP contribution in [0.15, 0.2) is 59.1 Å². The van der Waals surface area contributed by atoms with Gasteiger partial charge in [-0.25, -0.2) is 0 Å². The molecule has 0 spiro atoms. The van der Waals surface area contributed by atoms with Gasteiger partial charge in [0.2, 0.25) is 5.91 Å². The third-order valence-corrected chi connectivity index (χ3v) is 4.11. The number of aryl methyl sites for hydroxylation is 1. The van der Waals surface area contributed by atoms with Crippen LogP contribution in [0.4, 0.5) is 0 Å². The molecule has 0 saturated heterocycles. The van der Waals surface area contributed by atoms with Gasteiger partial charge < -0.3 is 9.84 Å². The maximum absolute atomic E-state index is 12.5. The first kappa shape index (κ1) is 16.9. The number of carbonyl (C=O) groups excluding carboxylic acids is 1. The summed E-state index contributed by atoms with van der Waals surface area (Å²) in [5, 5.41) is 6.84. The quantitative estimate of drug-likeness (QED) is 0.743. The van der Waals surface area contributed by atoms with E-state index in [1.807, 2.05) is 68.4 Å². The smallest absolute Gasteiger partial charge is 0.257 e. The Morgan fingerprint density at radius 1 is 1.12 bits per heavy atom. The van der Waals surface area contributed by atoms with Gasteiger partial charge in [0.1, 0.15) is 0 Å². The molecule has 0 radical (unpaired) electrons. The van der Waals surface area contributed by atoms with Crippen molar-refractivity contribution in [3.05, 3.63) is 71.5 Å². The van der Waals surface area contributed by atoms with Crippen molar-refractivity contribution in [2.24, 2.45) is 0 Å². The molecule has 0 unspecified atom stereocenters. The molecule has 1 amide bonds. The fourth-order valence-electron chi connectivity index (χ4n) is 2.69. The molecule has 1 aromatic heterocycles. The molecule has 3 aromatic rings. The molecule has 0 aliphatic rings. The SMILES string of the molecule is CC[C@@H](C(=O)NCc1noc(-c2ccc(C)cc2)n1)c1ccccc1. The fraction of sp³-hybridized carbons (Fsp3) is 0.250. The number of aromatic nitrogens is 2. The molecule has 1 N–H and O–H groups in total. The molecule has 0 fully saturated rings. The van der Waals surface area contributed by atoms with Gasteiger partial charge in [0.25, 0.3) is 5.89 Å². The van der Waals surface area contributed by atoms with Gasteiger partial charge in [-0.1, -0.05) is 60.1 Å². The highest BCUT2D eigenvalue weighted by molar-refractivity contribution is 5.83. The van der Waals surface area contributed by atoms with Crippen LogP contribution in [-0.4, -0.2) is 16.0 Å². The molecule has 25 heavy (non-hydrogen) atoms. The van der Waals surface area contributed by atoms with Gasteiger partial charge in [0, 0.05) is 5.56 Å². The second-order valence-corrected chi connectivity index (χ2v) is 5.97. The third kappa shape index (κ3) is 4.12. The van der Waals surface area contributed by atoms with Gasteiger partial charge >= 0.3 is 0 Å². The van der Waals surface area contributed by atoms with Crippen LogP contribution >= 0.6 is 0 Å². The number of amides is 1. The van der Waals surface area contributed by atoms with Crippen molar-refractivity contribution in [3.63, 3.8) is 0 Å². The third-order valence-electron chi connectivity index (χ3n) is 4.11. The number of rotatable bonds is 6. The summed E-state index contributed by atoms with van der Waals surface area (Å²) in [5.74, 6) is 0.714. The van der Waals surface area contributed by atoms with Crippen LogP contribution in [0.5, 0.6) is 0 Å². The maximum Gasteiger partial charge on any atom is 0.257 e. The van der Waals surface area contributed by atoms with Crippen molar-refractivity contribution < 1.29 is 9.32 Å². The van der Waals surface area contributed by atoms with Crippen LogP contribution < -0.4 is 5.32 Å². The number of benzene rings is 2. The van der Waals surface area contributed by atoms with E-state index in [-0.39, 0.29) is 18.4 Å². The summed E-state index contributed by atoms with van der Waals surface area (Å²) in [7, 11) is 0. The van der Waals surface area contributed by atoms with Crippen molar-refractivity contribution in [1.29, 1.82) is 0 Å². The Morgan fingerprint density at radius 2 is 1.84 bits per heavy atom. The van der Waals surface area contributed by atoms with E-state index in [1.165, 1.54) is 5.56 Å². The maximum atomic E-state index is 12.5. The zero-order valence-corrected chi connectivity index (χ0v) is 14.4. The van der Waals surface area contributed by atoms with Crippen molar-refractivity contribution in [1.82, 2.24) is 15.5 Å². The first-order valence-electron chi connectivity index (χ1n) is 8.39. The summed E-state index contributed by atoms with van der Waals surface area (Å²) < 4.78 is 5.28. The van der Waals surface area contributed by atoms with Crippen molar-refractivity contribution in [2.75, 3.05) is 0 Å². The van der Waals surface area contributed by atoms with Gasteiger partial charge in [-0.05, 0) is 31.0 Å². The minimum absolute atomic E-state index is 0.0321. The van der Waals surface area contributed by atoms with E-state index in [2.05, 4.69) is 15.5 Å². The lowest BCUT2D eigenvalue weighted by Gasteiger charge is -2.14. The zero-order chi connectivity index (χ0) is 17.6. The first-order chi connectivity index (χ1) is 12.2. The van der Waals surface area contributed by atoms with E-state index in [0.717, 1.165) is 17.5 Å². The topological polar surface area (TPSA) is 68.0 Å². The first-order valence-corrected chi connectivity index (χ1v) is 8.39. The summed E-state index contributed by atoms with van der Waals surface area (Å²) in [4.78, 5) is 16.8. The Kier molecular flexibility index (Phi) is 5.23. The molecular weight excluding hydrogens is 314 g/mol. The lowest BCUT2D eigenvalue weighted by atomic mass is 9.96. The average Bonchev–Trinajstić information content (AvgIpc) is 3.11. The van der Waals surface area contributed by atoms with E-state index < -0.39 is 0 Å². The van der Waals surface area contributed by atoms with Crippen molar-refractivity contribution in [3.8, 4) is 11.5 Å². The summed E-state index contributed by atoms with van der Waals surface area (Å²) in [6.45, 7) is 4.27. The zero-order valence-electron chi connectivity index (χ0n) is 14.4. The van der Waals surface area contributed by atoms with E-state index in [4.69, 9.17) is 4.52 Å². The van der Waals surface area contributed by atoms with Crippen LogP contribution in [0.25, 0.3) is 11.5 Å². The van der Waals surface area contributed by atoms with Crippen molar-refractivity contribution >= 4 is 5.91 Å². The van der Waals surface area contributed by atoms with E-state index in [0.29, 0.717) is 11.7 Å². The Bertz CT molecular complexity index is 826. The predicted molar refractivity (Wildman–Crippen MR) is 95.8 cm³/mol. The van der Waals surface area contributed by atoms with Crippen LogP contribution in [0.1, 0.15) is 36.2 Å². The van der Waals surface area contributed by atoms with Crippen LogP contribution in [0.2, 0.25) is 0 Å². The second kappa shape index (κ2) is 7.75. The number of nitrogens with zero attached hydrogens (tertiary/aromatic N) is 2. The summed E-state index contributed by atoms with van der Waals surface area (Å²) >= 11 is 0. The number of hydrogen-bond donors (Lipinski definition) is 1. The molecule has 5 heteroatoms. The molecule has 1 heterocycles. The minimum Gasteiger partial charge on any atom is -0.348 e. The minimum atomic E-state index is -0.176. The normalized spacial score (nSPS) is 11.9. The fourth-order valence-corrected chi connectivity index (χ4v) is 2.69. The summed E-state index contributed by atoms with van der Waals surface area (Å²) in [5.41, 5.74) is 3.05. The monoisotopic (exact) mass is 335 g/mol. The van der Waals surface area contributed by atoms with Gasteiger partial charge in [-0.3, -0.25) is 4.79 Å². The summed E-state index contributed by atoms with van der Waals surface area (Å²) in [6.07, 6.45) is 0.733. The lowest BCUT2D eigenvalue weighted by molar-refractivity contribution is -0.122. The highest BCUT2D eigenvalue weighted by atomic mass is 16.5. The molecule has 3 rings (SSSR count). The Balaban J connectivity index is 1.63. The number of carbonyl (C=O) groups is 1. The molecule has 0 aliphatic heterocycles. The molecular formula is C20H21N3O2. The second-order valence-electron chi connectivity index (χ2n) is 5.97. The van der Waals surface area contributed by atoms with Gasteiger partial charge in [0.05, 0.1) is 12.5 Å². The molecule has 1 atom stereocenters. The largest absolute Gasteiger partial charge is 0.348 e. The predicted octanol–water partition coefficient (Wildman–Crippen LogP) is 3.86. The van der Waals surface area contributed by atoms with Crippen LogP contribution in [0, 0.1) is 6.92 Å². The molecule has 0 bridgehead atoms. The highest BCUT2D eigenvalue weighted by Gasteiger charge is 2.19. The molecule has 5 nitrogen and oxygen atoms in total. The van der Waals surface area contributed by atoms with Gasteiger partial charge in [-0.15, -0.1) is 0 Å². The number of hydrogen-bond acceptors (Lipinski definition) is 4. The molecule has 128 valence electrons. The van der Waals surface area contributed by atoms with Crippen molar-refractivity contribution in [2.45, 2.75) is 32.7 Å². The van der Waals surface area contributed by atoms with E-state index in [1.54, 1.807) is 0 Å². The Hall–Kier alpha value is -2.95. The Labute approximate surface area is 147 Å². The average molecular weight is 335 g/mol. The number of nitrogens with one attached hydrogen (secondary N) is 1. The van der Waals surface area contributed by atoms with E-state index >= 15 is 0 Å².